The van der Waals surface area contributed by atoms with Crippen LogP contribution in [0.3, 0.4) is 0 Å². The zero-order valence-corrected chi connectivity index (χ0v) is 14.1. The first kappa shape index (κ1) is 15.8. The van der Waals surface area contributed by atoms with Crippen molar-refractivity contribution in [3.8, 4) is 0 Å². The fourth-order valence-electron chi connectivity index (χ4n) is 3.04. The topological polar surface area (TPSA) is 15.3 Å². The number of hydrogen-bond donors (Lipinski definition) is 1. The summed E-state index contributed by atoms with van der Waals surface area (Å²) in [5.41, 5.74) is 1.63. The van der Waals surface area contributed by atoms with E-state index in [1.807, 2.05) is 12.1 Å². The average Bonchev–Trinajstić information content (AvgIpc) is 2.29. The Morgan fingerprint density at radius 1 is 1.30 bits per heavy atom. The van der Waals surface area contributed by atoms with Crippen molar-refractivity contribution in [3.63, 3.8) is 0 Å². The first-order valence-electron chi connectivity index (χ1n) is 7.41. The zero-order chi connectivity index (χ0) is 15.0. The van der Waals surface area contributed by atoms with E-state index in [0.29, 0.717) is 6.04 Å². The zero-order valence-electron chi connectivity index (χ0n) is 13.3. The molecule has 3 heteroatoms. The molecule has 0 bridgehead atoms. The van der Waals surface area contributed by atoms with Crippen LogP contribution in [-0.2, 0) is 6.54 Å². The van der Waals surface area contributed by atoms with E-state index in [4.69, 9.17) is 11.6 Å². The summed E-state index contributed by atoms with van der Waals surface area (Å²) in [6.07, 6.45) is 0. The van der Waals surface area contributed by atoms with Crippen LogP contribution >= 0.6 is 11.6 Å². The first-order chi connectivity index (χ1) is 9.19. The summed E-state index contributed by atoms with van der Waals surface area (Å²) in [6, 6.07) is 8.70. The first-order valence-corrected chi connectivity index (χ1v) is 7.79. The fourth-order valence-corrected chi connectivity index (χ4v) is 3.24. The predicted molar refractivity (Wildman–Crippen MR) is 87.2 cm³/mol. The molecule has 1 aliphatic rings. The van der Waals surface area contributed by atoms with E-state index in [-0.39, 0.29) is 11.0 Å². The summed E-state index contributed by atoms with van der Waals surface area (Å²) in [7, 11) is 0. The molecule has 0 radical (unpaired) electrons. The molecule has 1 unspecified atom stereocenters. The van der Waals surface area contributed by atoms with Gasteiger partial charge >= 0.3 is 0 Å². The second-order valence-corrected chi connectivity index (χ2v) is 8.05. The van der Waals surface area contributed by atoms with Crippen LogP contribution in [0.25, 0.3) is 0 Å². The molecule has 1 atom stereocenters. The number of rotatable bonds is 2. The van der Waals surface area contributed by atoms with E-state index in [1.165, 1.54) is 5.56 Å². The minimum Gasteiger partial charge on any atom is -0.309 e. The lowest BCUT2D eigenvalue weighted by Gasteiger charge is -2.49. The number of halogens is 1. The van der Waals surface area contributed by atoms with Crippen molar-refractivity contribution < 1.29 is 0 Å². The number of benzene rings is 1. The van der Waals surface area contributed by atoms with E-state index in [2.05, 4.69) is 57.0 Å². The lowest BCUT2D eigenvalue weighted by atomic mass is 9.82. The van der Waals surface area contributed by atoms with Gasteiger partial charge in [-0.2, -0.15) is 0 Å². The smallest absolute Gasteiger partial charge is 0.0451 e. The van der Waals surface area contributed by atoms with Gasteiger partial charge in [0.05, 0.1) is 0 Å². The predicted octanol–water partition coefficient (Wildman–Crippen LogP) is 3.94. The van der Waals surface area contributed by atoms with Crippen LogP contribution in [0.5, 0.6) is 0 Å². The quantitative estimate of drug-likeness (QED) is 0.889. The second kappa shape index (κ2) is 5.67. The van der Waals surface area contributed by atoms with Crippen LogP contribution in [0.2, 0.25) is 5.02 Å². The summed E-state index contributed by atoms with van der Waals surface area (Å²) in [5.74, 6) is 0. The lowest BCUT2D eigenvalue weighted by Crippen LogP contribution is -2.64. The largest absolute Gasteiger partial charge is 0.309 e. The van der Waals surface area contributed by atoms with Gasteiger partial charge < -0.3 is 5.32 Å². The highest BCUT2D eigenvalue weighted by Gasteiger charge is 2.38. The molecule has 0 amide bonds. The normalized spacial score (nSPS) is 23.8. The van der Waals surface area contributed by atoms with Gasteiger partial charge in [0.25, 0.3) is 0 Å². The third-order valence-electron chi connectivity index (χ3n) is 4.14. The highest BCUT2D eigenvalue weighted by Crippen LogP contribution is 2.31. The van der Waals surface area contributed by atoms with Gasteiger partial charge in [0.15, 0.2) is 0 Å². The van der Waals surface area contributed by atoms with Crippen molar-refractivity contribution >= 4 is 11.6 Å². The molecule has 0 spiro atoms. The van der Waals surface area contributed by atoms with Crippen LogP contribution in [0, 0.1) is 5.41 Å². The van der Waals surface area contributed by atoms with Crippen molar-refractivity contribution in [1.82, 2.24) is 10.2 Å². The number of nitrogens with one attached hydrogen (secondary N) is 1. The molecule has 1 N–H and O–H groups in total. The molecule has 0 aliphatic carbocycles. The van der Waals surface area contributed by atoms with Crippen LogP contribution in [0.4, 0.5) is 0 Å². The maximum atomic E-state index is 6.33. The van der Waals surface area contributed by atoms with Crippen LogP contribution < -0.4 is 5.32 Å². The Labute approximate surface area is 128 Å². The Hall–Kier alpha value is -0.570. The van der Waals surface area contributed by atoms with E-state index >= 15 is 0 Å². The molecule has 1 heterocycles. The summed E-state index contributed by atoms with van der Waals surface area (Å²) in [6.45, 7) is 14.5. The summed E-state index contributed by atoms with van der Waals surface area (Å²) in [4.78, 5) is 2.58. The van der Waals surface area contributed by atoms with Crippen LogP contribution in [-0.4, -0.2) is 29.6 Å². The Balaban J connectivity index is 2.22. The Morgan fingerprint density at radius 2 is 1.95 bits per heavy atom. The molecule has 112 valence electrons. The maximum absolute atomic E-state index is 6.33. The standard InChI is InChI=1S/C17H27ClN2/c1-16(2,3)15-10-19-17(4,5)12-20(15)11-13-8-6-7-9-14(13)18/h6-9,15,19H,10-12H2,1-5H3. The Morgan fingerprint density at radius 3 is 2.55 bits per heavy atom. The molecule has 2 rings (SSSR count). The van der Waals surface area contributed by atoms with E-state index in [9.17, 15) is 0 Å². The van der Waals surface area contributed by atoms with Gasteiger partial charge in [-0.1, -0.05) is 50.6 Å². The maximum Gasteiger partial charge on any atom is 0.0451 e. The SMILES string of the molecule is CC1(C)CN(Cc2ccccc2Cl)C(C(C)(C)C)CN1. The highest BCUT2D eigenvalue weighted by atomic mass is 35.5. The number of piperazine rings is 1. The molecule has 1 saturated heterocycles. The van der Waals surface area contributed by atoms with E-state index < -0.39 is 0 Å². The molecule has 0 saturated carbocycles. The lowest BCUT2D eigenvalue weighted by molar-refractivity contribution is 0.0272. The molecule has 1 aromatic rings. The second-order valence-electron chi connectivity index (χ2n) is 7.64. The summed E-state index contributed by atoms with van der Waals surface area (Å²) >= 11 is 6.33. The molecule has 2 nitrogen and oxygen atoms in total. The molecule has 0 aromatic heterocycles. The Kier molecular flexibility index (Phi) is 4.48. The molecule has 20 heavy (non-hydrogen) atoms. The van der Waals surface area contributed by atoms with Gasteiger partial charge in [0.2, 0.25) is 0 Å². The van der Waals surface area contributed by atoms with Crippen LogP contribution in [0.15, 0.2) is 24.3 Å². The van der Waals surface area contributed by atoms with E-state index in [1.54, 1.807) is 0 Å². The number of nitrogens with zero attached hydrogens (tertiary/aromatic N) is 1. The molecular formula is C17H27ClN2. The number of hydrogen-bond acceptors (Lipinski definition) is 2. The average molecular weight is 295 g/mol. The van der Waals surface area contributed by atoms with E-state index in [0.717, 1.165) is 24.7 Å². The minimum atomic E-state index is 0.156. The molecule has 1 aromatic carbocycles. The van der Waals surface area contributed by atoms with Crippen molar-refractivity contribution in [3.05, 3.63) is 34.9 Å². The van der Waals surface area contributed by atoms with Gasteiger partial charge in [0.1, 0.15) is 0 Å². The summed E-state index contributed by atoms with van der Waals surface area (Å²) in [5, 5.41) is 4.54. The van der Waals surface area contributed by atoms with Crippen LogP contribution in [0.1, 0.15) is 40.2 Å². The van der Waals surface area contributed by atoms with Gasteiger partial charge in [-0.05, 0) is 30.9 Å². The van der Waals surface area contributed by atoms with Crippen molar-refractivity contribution in [2.75, 3.05) is 13.1 Å². The van der Waals surface area contributed by atoms with Gasteiger partial charge in [-0.15, -0.1) is 0 Å². The molecule has 1 fully saturated rings. The molecule has 1 aliphatic heterocycles. The van der Waals surface area contributed by atoms with Crippen molar-refractivity contribution in [2.24, 2.45) is 5.41 Å². The summed E-state index contributed by atoms with van der Waals surface area (Å²) < 4.78 is 0. The van der Waals surface area contributed by atoms with Gasteiger partial charge in [-0.3, -0.25) is 4.90 Å². The monoisotopic (exact) mass is 294 g/mol. The highest BCUT2D eigenvalue weighted by molar-refractivity contribution is 6.31. The fraction of sp³-hybridized carbons (Fsp3) is 0.647. The van der Waals surface area contributed by atoms with Crippen molar-refractivity contribution in [2.45, 2.75) is 52.7 Å². The Bertz CT molecular complexity index is 462. The molecular weight excluding hydrogens is 268 g/mol. The minimum absolute atomic E-state index is 0.156. The van der Waals surface area contributed by atoms with Crippen molar-refractivity contribution in [1.29, 1.82) is 0 Å². The third-order valence-corrected chi connectivity index (χ3v) is 4.51. The third kappa shape index (κ3) is 3.75. The van der Waals surface area contributed by atoms with Gasteiger partial charge in [0, 0.05) is 36.2 Å². The van der Waals surface area contributed by atoms with Gasteiger partial charge in [-0.25, -0.2) is 0 Å².